The summed E-state index contributed by atoms with van der Waals surface area (Å²) in [5.74, 6) is 2.12. The Hall–Kier alpha value is -3.79. The number of methoxy groups -OCH3 is 2. The minimum Gasteiger partial charge on any atom is -0.493 e. The number of thiazole rings is 1. The van der Waals surface area contributed by atoms with Gasteiger partial charge in [-0.25, -0.2) is 9.37 Å². The van der Waals surface area contributed by atoms with E-state index in [-0.39, 0.29) is 11.7 Å². The van der Waals surface area contributed by atoms with Crippen LogP contribution in [0.4, 0.5) is 4.39 Å². The number of rotatable bonds is 5. The molecule has 0 fully saturated rings. The monoisotopic (exact) mass is 465 g/mol. The van der Waals surface area contributed by atoms with Gasteiger partial charge >= 0.3 is 0 Å². The zero-order valence-corrected chi connectivity index (χ0v) is 18.8. The van der Waals surface area contributed by atoms with Crippen molar-refractivity contribution in [3.8, 4) is 33.6 Å². The van der Waals surface area contributed by atoms with Crippen molar-refractivity contribution in [3.63, 3.8) is 0 Å². The second-order valence-corrected chi connectivity index (χ2v) is 8.29. The predicted octanol–water partition coefficient (Wildman–Crippen LogP) is 3.88. The van der Waals surface area contributed by atoms with E-state index >= 15 is 0 Å². The maximum Gasteiger partial charge on any atom is 0.254 e. The Labute approximate surface area is 193 Å². The smallest absolute Gasteiger partial charge is 0.254 e. The number of benzene rings is 2. The summed E-state index contributed by atoms with van der Waals surface area (Å²) in [6, 6.07) is 11.2. The van der Waals surface area contributed by atoms with Crippen molar-refractivity contribution in [2.24, 2.45) is 0 Å². The molecule has 1 aliphatic heterocycles. The van der Waals surface area contributed by atoms with Gasteiger partial charge in [0.25, 0.3) is 5.91 Å². The number of hydrogen-bond acceptors (Lipinski definition) is 7. The third-order valence-corrected chi connectivity index (χ3v) is 6.39. The van der Waals surface area contributed by atoms with E-state index in [4.69, 9.17) is 14.5 Å². The fourth-order valence-corrected chi connectivity index (χ4v) is 4.57. The lowest BCUT2D eigenvalue weighted by Gasteiger charge is -2.27. The number of nitrogens with zero attached hydrogens (tertiary/aromatic N) is 5. The summed E-state index contributed by atoms with van der Waals surface area (Å²) in [5.41, 5.74) is 2.09. The summed E-state index contributed by atoms with van der Waals surface area (Å²) >= 11 is 1.50. The molecule has 1 amide bonds. The molecular weight excluding hydrogens is 445 g/mol. The van der Waals surface area contributed by atoms with Crippen molar-refractivity contribution in [2.75, 3.05) is 20.8 Å². The van der Waals surface area contributed by atoms with Crippen LogP contribution in [0.25, 0.3) is 22.1 Å². The Morgan fingerprint density at radius 2 is 1.82 bits per heavy atom. The van der Waals surface area contributed by atoms with Crippen LogP contribution in [0.5, 0.6) is 11.5 Å². The second-order valence-electron chi connectivity index (χ2n) is 7.43. The van der Waals surface area contributed by atoms with Crippen molar-refractivity contribution in [1.29, 1.82) is 0 Å². The van der Waals surface area contributed by atoms with Crippen LogP contribution in [0.15, 0.2) is 47.8 Å². The first kappa shape index (κ1) is 21.1. The summed E-state index contributed by atoms with van der Waals surface area (Å²) in [6.45, 7) is 1.38. The van der Waals surface area contributed by atoms with Gasteiger partial charge in [0.2, 0.25) is 0 Å². The molecule has 5 rings (SSSR count). The highest BCUT2D eigenvalue weighted by Crippen LogP contribution is 2.35. The number of halogens is 1. The number of ether oxygens (including phenoxy) is 2. The number of carbonyl (C=O) groups excluding carboxylic acids is 1. The maximum absolute atomic E-state index is 13.2. The Kier molecular flexibility index (Phi) is 5.51. The zero-order chi connectivity index (χ0) is 22.9. The fraction of sp³-hybridized carbons (Fsp3) is 0.217. The molecule has 10 heteroatoms. The molecule has 1 aliphatic rings. The SMILES string of the molecule is COc1ccc(-c2nc(-c3nnc4n3CCN(C(=O)c3ccc(F)cc3)C4)cs2)cc1OC. The molecule has 0 saturated carbocycles. The first-order valence-electron chi connectivity index (χ1n) is 10.2. The number of aromatic nitrogens is 4. The number of carbonyl (C=O) groups is 1. The molecule has 0 unspecified atom stereocenters. The molecule has 0 bridgehead atoms. The number of fused-ring (bicyclic) bond motifs is 1. The van der Waals surface area contributed by atoms with E-state index in [9.17, 15) is 9.18 Å². The van der Waals surface area contributed by atoms with E-state index < -0.39 is 0 Å². The van der Waals surface area contributed by atoms with Crippen LogP contribution in [-0.2, 0) is 13.1 Å². The molecule has 2 aromatic carbocycles. The summed E-state index contributed by atoms with van der Waals surface area (Å²) in [5, 5.41) is 11.4. The molecule has 3 heterocycles. The molecule has 0 atom stereocenters. The molecule has 168 valence electrons. The Morgan fingerprint density at radius 3 is 2.58 bits per heavy atom. The van der Waals surface area contributed by atoms with Gasteiger partial charge in [-0.2, -0.15) is 0 Å². The normalized spacial score (nSPS) is 13.0. The van der Waals surface area contributed by atoms with Crippen molar-refractivity contribution in [2.45, 2.75) is 13.1 Å². The molecule has 0 aliphatic carbocycles. The van der Waals surface area contributed by atoms with E-state index in [1.54, 1.807) is 19.1 Å². The Balaban J connectivity index is 1.37. The van der Waals surface area contributed by atoms with E-state index in [1.165, 1.54) is 35.6 Å². The average Bonchev–Trinajstić information content (AvgIpc) is 3.50. The van der Waals surface area contributed by atoms with Gasteiger partial charge in [-0.05, 0) is 42.5 Å². The molecule has 0 N–H and O–H groups in total. The maximum atomic E-state index is 13.2. The van der Waals surface area contributed by atoms with Crippen molar-refractivity contribution in [1.82, 2.24) is 24.6 Å². The van der Waals surface area contributed by atoms with Crippen molar-refractivity contribution in [3.05, 3.63) is 65.0 Å². The van der Waals surface area contributed by atoms with Gasteiger partial charge < -0.3 is 18.9 Å². The van der Waals surface area contributed by atoms with Gasteiger partial charge in [-0.3, -0.25) is 4.79 Å². The van der Waals surface area contributed by atoms with Gasteiger partial charge in [0.05, 0.1) is 20.8 Å². The lowest BCUT2D eigenvalue weighted by molar-refractivity contribution is 0.0708. The number of amides is 1. The molecule has 0 radical (unpaired) electrons. The molecule has 33 heavy (non-hydrogen) atoms. The van der Waals surface area contributed by atoms with Gasteiger partial charge in [0, 0.05) is 29.6 Å². The standard InChI is InChI=1S/C23H20FN5O3S/c1-31-18-8-5-15(11-19(18)32-2)22-25-17(13-33-22)21-27-26-20-12-28(9-10-29(20)21)23(30)14-3-6-16(24)7-4-14/h3-8,11,13H,9-10,12H2,1-2H3. The average molecular weight is 466 g/mol. The minimum atomic E-state index is -0.370. The van der Waals surface area contributed by atoms with Crippen LogP contribution in [-0.4, -0.2) is 51.3 Å². The molecule has 8 nitrogen and oxygen atoms in total. The van der Waals surface area contributed by atoms with Crippen LogP contribution in [0.3, 0.4) is 0 Å². The minimum absolute atomic E-state index is 0.157. The van der Waals surface area contributed by atoms with E-state index in [2.05, 4.69) is 10.2 Å². The summed E-state index contributed by atoms with van der Waals surface area (Å²) in [7, 11) is 3.20. The van der Waals surface area contributed by atoms with Crippen molar-refractivity contribution < 1.29 is 18.7 Å². The van der Waals surface area contributed by atoms with Crippen LogP contribution in [0.2, 0.25) is 0 Å². The quantitative estimate of drug-likeness (QED) is 0.445. The van der Waals surface area contributed by atoms with Gasteiger partial charge in [-0.15, -0.1) is 21.5 Å². The molecular formula is C23H20FN5O3S. The van der Waals surface area contributed by atoms with E-state index in [0.717, 1.165) is 16.3 Å². The number of hydrogen-bond donors (Lipinski definition) is 0. The van der Waals surface area contributed by atoms with Crippen molar-refractivity contribution >= 4 is 17.2 Å². The van der Waals surface area contributed by atoms with Crippen LogP contribution < -0.4 is 9.47 Å². The van der Waals surface area contributed by atoms with Crippen LogP contribution in [0, 0.1) is 5.82 Å². The van der Waals surface area contributed by atoms with Gasteiger partial charge in [-0.1, -0.05) is 0 Å². The summed E-state index contributed by atoms with van der Waals surface area (Å²) in [6.07, 6.45) is 0. The summed E-state index contributed by atoms with van der Waals surface area (Å²) < 4.78 is 25.9. The highest BCUT2D eigenvalue weighted by molar-refractivity contribution is 7.13. The Morgan fingerprint density at radius 1 is 1.03 bits per heavy atom. The molecule has 2 aromatic heterocycles. The van der Waals surface area contributed by atoms with E-state index in [1.807, 2.05) is 28.1 Å². The highest BCUT2D eigenvalue weighted by Gasteiger charge is 2.26. The predicted molar refractivity (Wildman–Crippen MR) is 121 cm³/mol. The van der Waals surface area contributed by atoms with E-state index in [0.29, 0.717) is 48.3 Å². The Bertz CT molecular complexity index is 1320. The molecule has 0 spiro atoms. The molecule has 0 saturated heterocycles. The molecule has 4 aromatic rings. The first-order valence-corrected chi connectivity index (χ1v) is 11.1. The summed E-state index contributed by atoms with van der Waals surface area (Å²) in [4.78, 5) is 19.2. The topological polar surface area (TPSA) is 82.4 Å². The first-order chi connectivity index (χ1) is 16.1. The van der Waals surface area contributed by atoms with Gasteiger partial charge in [0.15, 0.2) is 23.1 Å². The van der Waals surface area contributed by atoms with Crippen LogP contribution in [0.1, 0.15) is 16.2 Å². The highest BCUT2D eigenvalue weighted by atomic mass is 32.1. The van der Waals surface area contributed by atoms with Crippen LogP contribution >= 0.6 is 11.3 Å². The third kappa shape index (κ3) is 3.93. The fourth-order valence-electron chi connectivity index (χ4n) is 3.77. The van der Waals surface area contributed by atoms with Gasteiger partial charge in [0.1, 0.15) is 16.5 Å². The lowest BCUT2D eigenvalue weighted by atomic mass is 10.2. The lowest BCUT2D eigenvalue weighted by Crippen LogP contribution is -2.38. The zero-order valence-electron chi connectivity index (χ0n) is 18.0. The largest absolute Gasteiger partial charge is 0.493 e. The third-order valence-electron chi connectivity index (χ3n) is 5.50. The second kappa shape index (κ2) is 8.62.